The summed E-state index contributed by atoms with van der Waals surface area (Å²) in [5, 5.41) is 2.72. The average molecular weight is 371 g/mol. The van der Waals surface area contributed by atoms with Crippen molar-refractivity contribution in [2.75, 3.05) is 39.5 Å². The molecule has 0 spiro atoms. The fourth-order valence-electron chi connectivity index (χ4n) is 2.93. The zero-order valence-corrected chi connectivity index (χ0v) is 15.6. The van der Waals surface area contributed by atoms with E-state index in [4.69, 9.17) is 0 Å². The summed E-state index contributed by atoms with van der Waals surface area (Å²) in [7, 11) is -0.430. The van der Waals surface area contributed by atoms with Crippen molar-refractivity contribution in [3.63, 3.8) is 0 Å². The molecule has 1 aromatic carbocycles. The van der Waals surface area contributed by atoms with Crippen molar-refractivity contribution < 1.29 is 17.6 Å². The highest BCUT2D eigenvalue weighted by atomic mass is 32.2. The van der Waals surface area contributed by atoms with E-state index in [1.807, 2.05) is 0 Å². The van der Waals surface area contributed by atoms with Crippen LogP contribution < -0.4 is 5.32 Å². The molecule has 1 saturated heterocycles. The predicted molar refractivity (Wildman–Crippen MR) is 95.0 cm³/mol. The molecule has 0 bridgehead atoms. The van der Waals surface area contributed by atoms with Crippen molar-refractivity contribution in [1.29, 1.82) is 0 Å². The Morgan fingerprint density at radius 1 is 1.20 bits per heavy atom. The van der Waals surface area contributed by atoms with Gasteiger partial charge in [-0.1, -0.05) is 18.6 Å². The minimum absolute atomic E-state index is 0.0465. The Kier molecular flexibility index (Phi) is 6.92. The number of benzene rings is 1. The smallest absolute Gasteiger partial charge is 0.241 e. The highest BCUT2D eigenvalue weighted by Gasteiger charge is 2.29. The molecule has 1 aromatic rings. The molecule has 6 nitrogen and oxygen atoms in total. The minimum atomic E-state index is -3.36. The second kappa shape index (κ2) is 8.73. The third kappa shape index (κ3) is 5.49. The van der Waals surface area contributed by atoms with Gasteiger partial charge in [0, 0.05) is 20.6 Å². The highest BCUT2D eigenvalue weighted by molar-refractivity contribution is 7.89. The van der Waals surface area contributed by atoms with Crippen LogP contribution >= 0.6 is 0 Å². The van der Waals surface area contributed by atoms with Gasteiger partial charge in [0.05, 0.1) is 5.75 Å². The van der Waals surface area contributed by atoms with Crippen molar-refractivity contribution in [3.8, 4) is 0 Å². The highest BCUT2D eigenvalue weighted by Crippen LogP contribution is 2.25. The van der Waals surface area contributed by atoms with E-state index < -0.39 is 16.1 Å². The number of carbonyl (C=O) groups is 1. The van der Waals surface area contributed by atoms with Crippen molar-refractivity contribution in [2.24, 2.45) is 0 Å². The molecule has 0 saturated carbocycles. The van der Waals surface area contributed by atoms with Gasteiger partial charge in [0.15, 0.2) is 0 Å². The van der Waals surface area contributed by atoms with Crippen LogP contribution in [-0.4, -0.2) is 63.0 Å². The van der Waals surface area contributed by atoms with E-state index in [2.05, 4.69) is 10.2 Å². The van der Waals surface area contributed by atoms with Crippen LogP contribution in [0.4, 0.5) is 4.39 Å². The zero-order valence-electron chi connectivity index (χ0n) is 14.7. The van der Waals surface area contributed by atoms with E-state index in [1.165, 1.54) is 26.2 Å². The topological polar surface area (TPSA) is 69.7 Å². The largest absolute Gasteiger partial charge is 0.353 e. The monoisotopic (exact) mass is 371 g/mol. The molecular formula is C17H26FN3O3S. The van der Waals surface area contributed by atoms with Gasteiger partial charge in [-0.3, -0.25) is 9.69 Å². The molecule has 140 valence electrons. The molecule has 0 aliphatic carbocycles. The molecule has 0 aromatic heterocycles. The Morgan fingerprint density at radius 2 is 1.80 bits per heavy atom. The number of likely N-dealkylation sites (tertiary alicyclic amines) is 1. The number of sulfonamides is 1. The summed E-state index contributed by atoms with van der Waals surface area (Å²) < 4.78 is 38.0. The van der Waals surface area contributed by atoms with E-state index in [1.54, 1.807) is 12.1 Å². The maximum Gasteiger partial charge on any atom is 0.241 e. The lowest BCUT2D eigenvalue weighted by Crippen LogP contribution is -2.44. The molecule has 1 atom stereocenters. The zero-order chi connectivity index (χ0) is 18.4. The Morgan fingerprint density at radius 3 is 2.36 bits per heavy atom. The fraction of sp³-hybridized carbons (Fsp3) is 0.588. The predicted octanol–water partition coefficient (Wildman–Crippen LogP) is 1.36. The molecule has 0 unspecified atom stereocenters. The average Bonchev–Trinajstić information content (AvgIpc) is 2.57. The Hall–Kier alpha value is -1.51. The molecule has 1 aliphatic rings. The molecule has 1 fully saturated rings. The number of nitrogens with one attached hydrogen (secondary N) is 1. The molecule has 0 radical (unpaired) electrons. The summed E-state index contributed by atoms with van der Waals surface area (Å²) in [5.41, 5.74) is 0.719. The van der Waals surface area contributed by atoms with Crippen molar-refractivity contribution in [3.05, 3.63) is 35.6 Å². The Bertz CT molecular complexity index is 671. The Labute approximate surface area is 149 Å². The van der Waals surface area contributed by atoms with E-state index >= 15 is 0 Å². The molecule has 1 N–H and O–H groups in total. The second-order valence-corrected chi connectivity index (χ2v) is 8.74. The number of hydrogen-bond acceptors (Lipinski definition) is 4. The van der Waals surface area contributed by atoms with Crippen LogP contribution in [0.2, 0.25) is 0 Å². The van der Waals surface area contributed by atoms with Gasteiger partial charge in [0.2, 0.25) is 15.9 Å². The van der Waals surface area contributed by atoms with Gasteiger partial charge in [0.1, 0.15) is 11.9 Å². The van der Waals surface area contributed by atoms with Gasteiger partial charge in [-0.05, 0) is 43.6 Å². The van der Waals surface area contributed by atoms with E-state index in [9.17, 15) is 17.6 Å². The lowest BCUT2D eigenvalue weighted by molar-refractivity contribution is -0.127. The maximum atomic E-state index is 13.2. The second-order valence-electron chi connectivity index (χ2n) is 6.44. The first kappa shape index (κ1) is 19.8. The number of hydrogen-bond donors (Lipinski definition) is 1. The molecule has 1 heterocycles. The molecule has 25 heavy (non-hydrogen) atoms. The van der Waals surface area contributed by atoms with Crippen LogP contribution in [0.3, 0.4) is 0 Å². The lowest BCUT2D eigenvalue weighted by atomic mass is 10.0. The molecule has 2 rings (SSSR count). The van der Waals surface area contributed by atoms with E-state index in [0.717, 1.165) is 42.2 Å². The number of piperidine rings is 1. The third-order valence-electron chi connectivity index (χ3n) is 4.41. The summed E-state index contributed by atoms with van der Waals surface area (Å²) >= 11 is 0. The van der Waals surface area contributed by atoms with Crippen LogP contribution in [0.25, 0.3) is 0 Å². The normalized spacial score (nSPS) is 17.4. The fourth-order valence-corrected chi connectivity index (χ4v) is 3.66. The van der Waals surface area contributed by atoms with Crippen LogP contribution in [0.15, 0.2) is 24.3 Å². The SMILES string of the molecule is CN(C)S(=O)(=O)CCNC(=O)[C@@H](c1ccc(F)cc1)N1CCCCC1. The summed E-state index contributed by atoms with van der Waals surface area (Å²) in [6, 6.07) is 5.39. The number of nitrogens with zero attached hydrogens (tertiary/aromatic N) is 2. The van der Waals surface area contributed by atoms with Gasteiger partial charge in [-0.25, -0.2) is 17.1 Å². The van der Waals surface area contributed by atoms with E-state index in [0.29, 0.717) is 0 Å². The quantitative estimate of drug-likeness (QED) is 0.786. The maximum absolute atomic E-state index is 13.2. The minimum Gasteiger partial charge on any atom is -0.353 e. The molecule has 8 heteroatoms. The first-order valence-corrected chi connectivity index (χ1v) is 10.1. The Balaban J connectivity index is 2.09. The molecular weight excluding hydrogens is 345 g/mol. The summed E-state index contributed by atoms with van der Waals surface area (Å²) in [5.74, 6) is -0.747. The first-order valence-electron chi connectivity index (χ1n) is 8.49. The van der Waals surface area contributed by atoms with Crippen LogP contribution in [0.1, 0.15) is 30.9 Å². The van der Waals surface area contributed by atoms with Gasteiger partial charge in [0.25, 0.3) is 0 Å². The number of rotatable bonds is 7. The van der Waals surface area contributed by atoms with Crippen molar-refractivity contribution in [2.45, 2.75) is 25.3 Å². The van der Waals surface area contributed by atoms with Crippen molar-refractivity contribution in [1.82, 2.24) is 14.5 Å². The molecule has 1 amide bonds. The summed E-state index contributed by atoms with van der Waals surface area (Å²) in [6.45, 7) is 1.64. The number of carbonyl (C=O) groups excluding carboxylic acids is 1. The lowest BCUT2D eigenvalue weighted by Gasteiger charge is -2.34. The van der Waals surface area contributed by atoms with E-state index in [-0.39, 0.29) is 24.0 Å². The van der Waals surface area contributed by atoms with Crippen molar-refractivity contribution >= 4 is 15.9 Å². The van der Waals surface area contributed by atoms with Gasteiger partial charge in [-0.15, -0.1) is 0 Å². The van der Waals surface area contributed by atoms with Crippen LogP contribution in [0, 0.1) is 5.82 Å². The summed E-state index contributed by atoms with van der Waals surface area (Å²) in [4.78, 5) is 14.8. The van der Waals surface area contributed by atoms with Gasteiger partial charge >= 0.3 is 0 Å². The number of halogens is 1. The first-order chi connectivity index (χ1) is 11.8. The third-order valence-corrected chi connectivity index (χ3v) is 6.24. The number of amides is 1. The molecule has 1 aliphatic heterocycles. The van der Waals surface area contributed by atoms with Gasteiger partial charge in [-0.2, -0.15) is 0 Å². The van der Waals surface area contributed by atoms with Crippen LogP contribution in [0.5, 0.6) is 0 Å². The van der Waals surface area contributed by atoms with Crippen LogP contribution in [-0.2, 0) is 14.8 Å². The van der Waals surface area contributed by atoms with Gasteiger partial charge < -0.3 is 5.32 Å². The summed E-state index contributed by atoms with van der Waals surface area (Å²) in [6.07, 6.45) is 3.16. The standard InChI is InChI=1S/C17H26FN3O3S/c1-20(2)25(23,24)13-10-19-17(22)16(21-11-4-3-5-12-21)14-6-8-15(18)9-7-14/h6-9,16H,3-5,10-13H2,1-2H3,(H,19,22)/t16-/m1/s1.